The predicted molar refractivity (Wildman–Crippen MR) is 134 cm³/mol. The van der Waals surface area contributed by atoms with E-state index in [1.165, 1.54) is 24.3 Å². The van der Waals surface area contributed by atoms with Gasteiger partial charge in [-0.3, -0.25) is 19.7 Å². The SMILES string of the molecule is CSCCNC(=O)[C@@H](NC(=O)C(Cc1ccccc1)NC(=O)Oc1ccc([N+](=O)[O-])cc1)C(C)C. The average Bonchev–Trinajstić information content (AvgIpc) is 2.82. The topological polar surface area (TPSA) is 140 Å². The van der Waals surface area contributed by atoms with Gasteiger partial charge in [0.15, 0.2) is 0 Å². The number of carbonyl (C=O) groups excluding carboxylic acids is 3. The van der Waals surface area contributed by atoms with Crippen LogP contribution in [0.25, 0.3) is 0 Å². The van der Waals surface area contributed by atoms with E-state index in [1.807, 2.05) is 50.4 Å². The van der Waals surface area contributed by atoms with Crippen LogP contribution in [0.3, 0.4) is 0 Å². The van der Waals surface area contributed by atoms with Gasteiger partial charge in [0.2, 0.25) is 11.8 Å². The lowest BCUT2D eigenvalue weighted by Crippen LogP contribution is -2.56. The Morgan fingerprint density at radius 1 is 1.00 bits per heavy atom. The Balaban J connectivity index is 2.13. The molecule has 0 saturated carbocycles. The van der Waals surface area contributed by atoms with Crippen LogP contribution in [0.4, 0.5) is 10.5 Å². The Bertz CT molecular complexity index is 1000. The van der Waals surface area contributed by atoms with Crippen molar-refractivity contribution >= 4 is 35.4 Å². The van der Waals surface area contributed by atoms with Crippen LogP contribution in [0.2, 0.25) is 0 Å². The number of benzene rings is 2. The van der Waals surface area contributed by atoms with E-state index in [4.69, 9.17) is 4.74 Å². The molecule has 188 valence electrons. The first-order valence-electron chi connectivity index (χ1n) is 11.0. The van der Waals surface area contributed by atoms with Crippen molar-refractivity contribution in [1.29, 1.82) is 0 Å². The predicted octanol–water partition coefficient (Wildman–Crippen LogP) is 2.91. The van der Waals surface area contributed by atoms with E-state index in [2.05, 4.69) is 16.0 Å². The van der Waals surface area contributed by atoms with Crippen LogP contribution >= 0.6 is 11.8 Å². The molecule has 3 amide bonds. The molecule has 0 spiro atoms. The highest BCUT2D eigenvalue weighted by Crippen LogP contribution is 2.17. The second kappa shape index (κ2) is 14.0. The molecule has 2 rings (SSSR count). The van der Waals surface area contributed by atoms with Crippen molar-refractivity contribution in [2.75, 3.05) is 18.6 Å². The van der Waals surface area contributed by atoms with Gasteiger partial charge in [-0.05, 0) is 29.9 Å². The quantitative estimate of drug-likeness (QED) is 0.230. The normalized spacial score (nSPS) is 12.3. The van der Waals surface area contributed by atoms with E-state index in [-0.39, 0.29) is 29.7 Å². The fourth-order valence-electron chi connectivity index (χ4n) is 3.15. The molecule has 2 aromatic rings. The first-order chi connectivity index (χ1) is 16.7. The average molecular weight is 503 g/mol. The van der Waals surface area contributed by atoms with E-state index in [9.17, 15) is 24.5 Å². The molecular weight excluding hydrogens is 472 g/mol. The largest absolute Gasteiger partial charge is 0.413 e. The summed E-state index contributed by atoms with van der Waals surface area (Å²) in [6.07, 6.45) is 1.20. The monoisotopic (exact) mass is 502 g/mol. The van der Waals surface area contributed by atoms with Gasteiger partial charge in [0, 0.05) is 30.9 Å². The number of thioether (sulfide) groups is 1. The molecule has 10 nitrogen and oxygen atoms in total. The van der Waals surface area contributed by atoms with E-state index in [1.54, 1.807) is 11.8 Å². The zero-order chi connectivity index (χ0) is 25.8. The molecule has 0 aliphatic heterocycles. The van der Waals surface area contributed by atoms with E-state index in [0.717, 1.165) is 11.3 Å². The molecule has 0 bridgehead atoms. The van der Waals surface area contributed by atoms with Crippen molar-refractivity contribution < 1.29 is 24.0 Å². The minimum atomic E-state index is -1.02. The Labute approximate surface area is 208 Å². The molecule has 11 heteroatoms. The number of nitro groups is 1. The molecule has 0 radical (unpaired) electrons. The van der Waals surface area contributed by atoms with Gasteiger partial charge >= 0.3 is 6.09 Å². The van der Waals surface area contributed by atoms with E-state index >= 15 is 0 Å². The first-order valence-corrected chi connectivity index (χ1v) is 12.4. The number of ether oxygens (including phenoxy) is 1. The number of rotatable bonds is 12. The molecule has 2 aromatic carbocycles. The maximum atomic E-state index is 13.2. The number of nitro benzene ring substituents is 1. The van der Waals surface area contributed by atoms with Crippen molar-refractivity contribution in [3.05, 3.63) is 70.3 Å². The number of amides is 3. The van der Waals surface area contributed by atoms with Crippen LogP contribution in [0.1, 0.15) is 19.4 Å². The lowest BCUT2D eigenvalue weighted by Gasteiger charge is -2.25. The molecular formula is C24H30N4O6S. The molecule has 0 aromatic heterocycles. The first kappa shape index (κ1) is 27.6. The summed E-state index contributed by atoms with van der Waals surface area (Å²) in [5.41, 5.74) is 0.656. The molecule has 0 fully saturated rings. The highest BCUT2D eigenvalue weighted by molar-refractivity contribution is 7.98. The lowest BCUT2D eigenvalue weighted by molar-refractivity contribution is -0.384. The highest BCUT2D eigenvalue weighted by atomic mass is 32.2. The van der Waals surface area contributed by atoms with Gasteiger partial charge < -0.3 is 20.7 Å². The summed E-state index contributed by atoms with van der Waals surface area (Å²) in [4.78, 5) is 48.6. The third-order valence-corrected chi connectivity index (χ3v) is 5.61. The van der Waals surface area contributed by atoms with Crippen LogP contribution < -0.4 is 20.7 Å². The van der Waals surface area contributed by atoms with Gasteiger partial charge in [-0.2, -0.15) is 11.8 Å². The zero-order valence-corrected chi connectivity index (χ0v) is 20.7. The fraction of sp³-hybridized carbons (Fsp3) is 0.375. The van der Waals surface area contributed by atoms with Gasteiger partial charge in [-0.1, -0.05) is 44.2 Å². The van der Waals surface area contributed by atoms with Gasteiger partial charge in [0.25, 0.3) is 5.69 Å². The Morgan fingerprint density at radius 3 is 2.23 bits per heavy atom. The number of hydrogen-bond donors (Lipinski definition) is 3. The number of carbonyl (C=O) groups is 3. The summed E-state index contributed by atoms with van der Waals surface area (Å²) in [7, 11) is 0. The zero-order valence-electron chi connectivity index (χ0n) is 19.9. The number of non-ortho nitro benzene ring substituents is 1. The number of nitrogens with one attached hydrogen (secondary N) is 3. The second-order valence-corrected chi connectivity index (χ2v) is 9.03. The Kier molecular flexibility index (Phi) is 11.0. The minimum Gasteiger partial charge on any atom is -0.410 e. The van der Waals surface area contributed by atoms with Crippen LogP contribution in [0.15, 0.2) is 54.6 Å². The van der Waals surface area contributed by atoms with Crippen molar-refractivity contribution in [2.24, 2.45) is 5.92 Å². The molecule has 35 heavy (non-hydrogen) atoms. The van der Waals surface area contributed by atoms with Gasteiger partial charge in [-0.15, -0.1) is 0 Å². The molecule has 0 aliphatic rings. The smallest absolute Gasteiger partial charge is 0.410 e. The van der Waals surface area contributed by atoms with Crippen LogP contribution in [-0.2, 0) is 16.0 Å². The second-order valence-electron chi connectivity index (χ2n) is 8.04. The maximum absolute atomic E-state index is 13.2. The Morgan fingerprint density at radius 2 is 1.66 bits per heavy atom. The van der Waals surface area contributed by atoms with Crippen molar-refractivity contribution in [2.45, 2.75) is 32.4 Å². The van der Waals surface area contributed by atoms with E-state index < -0.39 is 29.0 Å². The fourth-order valence-corrected chi connectivity index (χ4v) is 3.45. The van der Waals surface area contributed by atoms with Gasteiger partial charge in [0.05, 0.1) is 4.92 Å². The minimum absolute atomic E-state index is 0.0835. The van der Waals surface area contributed by atoms with Gasteiger partial charge in [-0.25, -0.2) is 4.79 Å². The maximum Gasteiger partial charge on any atom is 0.413 e. The molecule has 1 unspecified atom stereocenters. The van der Waals surface area contributed by atoms with E-state index in [0.29, 0.717) is 6.54 Å². The molecule has 3 N–H and O–H groups in total. The molecule has 0 heterocycles. The third-order valence-electron chi connectivity index (χ3n) is 5.00. The van der Waals surface area contributed by atoms with Gasteiger partial charge in [0.1, 0.15) is 17.8 Å². The van der Waals surface area contributed by atoms with Crippen LogP contribution in [-0.4, -0.2) is 53.5 Å². The summed E-state index contributed by atoms with van der Waals surface area (Å²) >= 11 is 1.60. The number of hydrogen-bond acceptors (Lipinski definition) is 7. The summed E-state index contributed by atoms with van der Waals surface area (Å²) in [6.45, 7) is 4.12. The van der Waals surface area contributed by atoms with Crippen molar-refractivity contribution in [1.82, 2.24) is 16.0 Å². The molecule has 0 saturated heterocycles. The molecule has 0 aliphatic carbocycles. The summed E-state index contributed by atoms with van der Waals surface area (Å²) in [5, 5.41) is 18.9. The summed E-state index contributed by atoms with van der Waals surface area (Å²) in [5.74, 6) is -0.183. The summed E-state index contributed by atoms with van der Waals surface area (Å²) < 4.78 is 5.20. The van der Waals surface area contributed by atoms with Crippen molar-refractivity contribution in [3.8, 4) is 5.75 Å². The summed E-state index contributed by atoms with van der Waals surface area (Å²) in [6, 6.07) is 12.3. The Hall–Kier alpha value is -3.60. The third kappa shape index (κ3) is 9.28. The standard InChI is InChI=1S/C24H30N4O6S/c1-16(2)21(23(30)25-13-14-35-3)27-22(29)20(15-17-7-5-4-6-8-17)26-24(31)34-19-11-9-18(10-12-19)28(32)33/h4-12,16,20-21H,13-15H2,1-3H3,(H,25,30)(H,26,31)(H,27,29)/t20?,21-/m0/s1. The van der Waals surface area contributed by atoms with Crippen molar-refractivity contribution in [3.63, 3.8) is 0 Å². The van der Waals surface area contributed by atoms with Crippen LogP contribution in [0, 0.1) is 16.0 Å². The number of nitrogens with zero attached hydrogens (tertiary/aromatic N) is 1. The van der Waals surface area contributed by atoms with Crippen LogP contribution in [0.5, 0.6) is 5.75 Å². The molecule has 2 atom stereocenters. The lowest BCUT2D eigenvalue weighted by atomic mass is 10.0. The highest BCUT2D eigenvalue weighted by Gasteiger charge is 2.29.